The van der Waals surface area contributed by atoms with Gasteiger partial charge in [0.05, 0.1) is 19.3 Å². The van der Waals surface area contributed by atoms with Crippen LogP contribution in [-0.2, 0) is 22.1 Å². The highest BCUT2D eigenvalue weighted by Gasteiger charge is 2.19. The Bertz CT molecular complexity index is 395. The molecule has 94 valence electrons. The summed E-state index contributed by atoms with van der Waals surface area (Å²) in [6.45, 7) is 4.14. The van der Waals surface area contributed by atoms with Gasteiger partial charge in [0.25, 0.3) is 0 Å². The molecule has 0 amide bonds. The standard InChI is InChI=1S/C13H19NO2S/c1-2-17(15)8-7-14-13-10-16-9-11-5-3-4-6-12(11)13/h3-6,13-14H,2,7-10H2,1H3. The van der Waals surface area contributed by atoms with Crippen LogP contribution in [0.3, 0.4) is 0 Å². The lowest BCUT2D eigenvalue weighted by atomic mass is 9.99. The van der Waals surface area contributed by atoms with Crippen molar-refractivity contribution in [2.45, 2.75) is 19.6 Å². The van der Waals surface area contributed by atoms with Crippen molar-refractivity contribution in [1.82, 2.24) is 5.32 Å². The third kappa shape index (κ3) is 3.37. The largest absolute Gasteiger partial charge is 0.375 e. The maximum absolute atomic E-state index is 11.3. The van der Waals surface area contributed by atoms with Crippen molar-refractivity contribution >= 4 is 10.8 Å². The highest BCUT2D eigenvalue weighted by atomic mass is 32.2. The molecule has 0 saturated carbocycles. The van der Waals surface area contributed by atoms with E-state index in [2.05, 4.69) is 23.5 Å². The molecule has 1 aliphatic heterocycles. The lowest BCUT2D eigenvalue weighted by Crippen LogP contribution is -2.32. The van der Waals surface area contributed by atoms with E-state index < -0.39 is 10.8 Å². The van der Waals surface area contributed by atoms with Crippen LogP contribution < -0.4 is 5.32 Å². The summed E-state index contributed by atoms with van der Waals surface area (Å²) in [5, 5.41) is 3.42. The van der Waals surface area contributed by atoms with Crippen molar-refractivity contribution in [3.63, 3.8) is 0 Å². The summed E-state index contributed by atoms with van der Waals surface area (Å²) in [7, 11) is -0.692. The summed E-state index contributed by atoms with van der Waals surface area (Å²) in [6.07, 6.45) is 0. The average Bonchev–Trinajstić information content (AvgIpc) is 2.39. The molecule has 0 radical (unpaired) electrons. The van der Waals surface area contributed by atoms with E-state index in [-0.39, 0.29) is 6.04 Å². The third-order valence-corrected chi connectivity index (χ3v) is 4.32. The molecule has 1 N–H and O–H groups in total. The van der Waals surface area contributed by atoms with Gasteiger partial charge in [-0.2, -0.15) is 0 Å². The predicted octanol–water partition coefficient (Wildman–Crippen LogP) is 1.62. The second-order valence-electron chi connectivity index (χ2n) is 4.15. The third-order valence-electron chi connectivity index (χ3n) is 3.02. The second-order valence-corrected chi connectivity index (χ2v) is 6.02. The first kappa shape index (κ1) is 12.7. The SMILES string of the molecule is CCS(=O)CCNC1COCc2ccccc21. The zero-order chi connectivity index (χ0) is 12.1. The maximum Gasteiger partial charge on any atom is 0.0721 e. The van der Waals surface area contributed by atoms with Crippen LogP contribution in [0.4, 0.5) is 0 Å². The minimum Gasteiger partial charge on any atom is -0.375 e. The van der Waals surface area contributed by atoms with E-state index in [4.69, 9.17) is 4.74 Å². The van der Waals surface area contributed by atoms with E-state index >= 15 is 0 Å². The number of nitrogens with one attached hydrogen (secondary N) is 1. The zero-order valence-electron chi connectivity index (χ0n) is 10.1. The molecule has 0 saturated heterocycles. The Morgan fingerprint density at radius 2 is 2.29 bits per heavy atom. The van der Waals surface area contributed by atoms with Gasteiger partial charge in [-0.05, 0) is 11.1 Å². The van der Waals surface area contributed by atoms with Crippen LogP contribution in [0, 0.1) is 0 Å². The van der Waals surface area contributed by atoms with Gasteiger partial charge in [-0.25, -0.2) is 0 Å². The minimum absolute atomic E-state index is 0.244. The number of fused-ring (bicyclic) bond motifs is 1. The Balaban J connectivity index is 1.92. The lowest BCUT2D eigenvalue weighted by Gasteiger charge is -2.26. The number of rotatable bonds is 5. The summed E-state index contributed by atoms with van der Waals surface area (Å²) in [4.78, 5) is 0. The molecule has 0 spiro atoms. The monoisotopic (exact) mass is 253 g/mol. The summed E-state index contributed by atoms with van der Waals surface area (Å²) in [5.41, 5.74) is 2.58. The van der Waals surface area contributed by atoms with Gasteiger partial charge in [-0.15, -0.1) is 0 Å². The van der Waals surface area contributed by atoms with Crippen LogP contribution in [0.2, 0.25) is 0 Å². The van der Waals surface area contributed by atoms with Crippen molar-refractivity contribution in [2.24, 2.45) is 0 Å². The first-order valence-electron chi connectivity index (χ1n) is 6.05. The molecule has 3 nitrogen and oxygen atoms in total. The molecule has 17 heavy (non-hydrogen) atoms. The lowest BCUT2D eigenvalue weighted by molar-refractivity contribution is 0.0828. The number of benzene rings is 1. The molecular weight excluding hydrogens is 234 g/mol. The molecule has 2 rings (SSSR count). The Labute approximate surface area is 105 Å². The molecule has 0 aliphatic carbocycles. The van der Waals surface area contributed by atoms with Crippen LogP contribution >= 0.6 is 0 Å². The first-order chi connectivity index (χ1) is 8.31. The summed E-state index contributed by atoms with van der Waals surface area (Å²) >= 11 is 0. The van der Waals surface area contributed by atoms with Gasteiger partial charge >= 0.3 is 0 Å². The fraction of sp³-hybridized carbons (Fsp3) is 0.538. The van der Waals surface area contributed by atoms with Gasteiger partial charge in [0, 0.05) is 28.9 Å². The first-order valence-corrected chi connectivity index (χ1v) is 7.54. The highest BCUT2D eigenvalue weighted by Crippen LogP contribution is 2.23. The second kappa shape index (κ2) is 6.28. The molecule has 1 aromatic carbocycles. The molecule has 1 aromatic rings. The summed E-state index contributed by atoms with van der Waals surface area (Å²) < 4.78 is 16.9. The van der Waals surface area contributed by atoms with Crippen LogP contribution in [0.5, 0.6) is 0 Å². The molecule has 2 atom stereocenters. The molecule has 0 bridgehead atoms. The fourth-order valence-electron chi connectivity index (χ4n) is 2.04. The van der Waals surface area contributed by atoms with Gasteiger partial charge in [-0.3, -0.25) is 4.21 Å². The van der Waals surface area contributed by atoms with E-state index in [0.717, 1.165) is 18.1 Å². The van der Waals surface area contributed by atoms with Crippen LogP contribution in [0.15, 0.2) is 24.3 Å². The molecule has 1 aliphatic rings. The van der Waals surface area contributed by atoms with Gasteiger partial charge in [0.2, 0.25) is 0 Å². The van der Waals surface area contributed by atoms with Crippen LogP contribution in [0.1, 0.15) is 24.1 Å². The van der Waals surface area contributed by atoms with Crippen molar-refractivity contribution in [3.05, 3.63) is 35.4 Å². The van der Waals surface area contributed by atoms with E-state index in [9.17, 15) is 4.21 Å². The number of ether oxygens (including phenoxy) is 1. The molecule has 0 aromatic heterocycles. The zero-order valence-corrected chi connectivity index (χ0v) is 11.0. The average molecular weight is 253 g/mol. The number of hydrogen-bond acceptors (Lipinski definition) is 3. The molecule has 2 unspecified atom stereocenters. The fourth-order valence-corrected chi connectivity index (χ4v) is 2.68. The van der Waals surface area contributed by atoms with Crippen LogP contribution in [0.25, 0.3) is 0 Å². The van der Waals surface area contributed by atoms with Crippen molar-refractivity contribution in [2.75, 3.05) is 24.7 Å². The summed E-state index contributed by atoms with van der Waals surface area (Å²) in [5.74, 6) is 1.45. The maximum atomic E-state index is 11.3. The van der Waals surface area contributed by atoms with Crippen LogP contribution in [-0.4, -0.2) is 28.9 Å². The highest BCUT2D eigenvalue weighted by molar-refractivity contribution is 7.84. The smallest absolute Gasteiger partial charge is 0.0721 e. The summed E-state index contributed by atoms with van der Waals surface area (Å²) in [6, 6.07) is 8.59. The molecule has 4 heteroatoms. The van der Waals surface area contributed by atoms with Crippen molar-refractivity contribution in [3.8, 4) is 0 Å². The predicted molar refractivity (Wildman–Crippen MR) is 70.4 cm³/mol. The Kier molecular flexibility index (Phi) is 4.71. The van der Waals surface area contributed by atoms with Gasteiger partial charge in [0.15, 0.2) is 0 Å². The van der Waals surface area contributed by atoms with E-state index in [1.807, 2.05) is 13.0 Å². The number of hydrogen-bond donors (Lipinski definition) is 1. The Morgan fingerprint density at radius 3 is 3.12 bits per heavy atom. The molecular formula is C13H19NO2S. The van der Waals surface area contributed by atoms with E-state index in [0.29, 0.717) is 13.2 Å². The van der Waals surface area contributed by atoms with Gasteiger partial charge < -0.3 is 10.1 Å². The topological polar surface area (TPSA) is 38.3 Å². The van der Waals surface area contributed by atoms with Crippen molar-refractivity contribution in [1.29, 1.82) is 0 Å². The van der Waals surface area contributed by atoms with Gasteiger partial charge in [0.1, 0.15) is 0 Å². The molecule has 1 heterocycles. The Hall–Kier alpha value is -0.710. The van der Waals surface area contributed by atoms with E-state index in [1.165, 1.54) is 11.1 Å². The minimum atomic E-state index is -0.692. The molecule has 0 fully saturated rings. The van der Waals surface area contributed by atoms with Crippen molar-refractivity contribution < 1.29 is 8.95 Å². The van der Waals surface area contributed by atoms with Gasteiger partial charge in [-0.1, -0.05) is 31.2 Å². The normalized spacial score (nSPS) is 20.9. The van der Waals surface area contributed by atoms with E-state index in [1.54, 1.807) is 0 Å². The Morgan fingerprint density at radius 1 is 1.47 bits per heavy atom. The quantitative estimate of drug-likeness (QED) is 0.866.